The molecule has 0 unspecified atom stereocenters. The van der Waals surface area contributed by atoms with E-state index < -0.39 is 0 Å². The molecule has 1 aliphatic rings. The largest absolute Gasteiger partial charge is 0.308 e. The lowest BCUT2D eigenvalue weighted by atomic mass is 9.88. The Labute approximate surface area is 307 Å². The van der Waals surface area contributed by atoms with Gasteiger partial charge in [0.2, 0.25) is 0 Å². The number of aromatic nitrogens is 1. The van der Waals surface area contributed by atoms with Crippen LogP contribution in [0.15, 0.2) is 194 Å². The molecule has 0 saturated carbocycles. The van der Waals surface area contributed by atoms with Crippen molar-refractivity contribution in [3.63, 3.8) is 0 Å². The van der Waals surface area contributed by atoms with Crippen molar-refractivity contribution >= 4 is 60.2 Å². The fourth-order valence-electron chi connectivity index (χ4n) is 8.59. The van der Waals surface area contributed by atoms with Gasteiger partial charge in [0.05, 0.1) is 17.6 Å². The van der Waals surface area contributed by atoms with Gasteiger partial charge in [-0.05, 0) is 125 Å². The van der Waals surface area contributed by atoms with E-state index in [-0.39, 0.29) is 0 Å². The second kappa shape index (κ2) is 11.8. The van der Waals surface area contributed by atoms with Crippen LogP contribution in [0.25, 0.3) is 87.6 Å². The Morgan fingerprint density at radius 2 is 0.943 bits per heavy atom. The van der Waals surface area contributed by atoms with Crippen LogP contribution in [0.3, 0.4) is 0 Å². The molecule has 0 atom stereocenters. The fourth-order valence-corrected chi connectivity index (χ4v) is 8.59. The van der Waals surface area contributed by atoms with E-state index in [1.54, 1.807) is 0 Å². The average Bonchev–Trinajstić information content (AvgIpc) is 3.24. The Bertz CT molecular complexity index is 3030. The first-order valence-corrected chi connectivity index (χ1v) is 18.2. The summed E-state index contributed by atoms with van der Waals surface area (Å²) in [6, 6.07) is 66.5. The molecule has 9 aromatic carbocycles. The van der Waals surface area contributed by atoms with Crippen molar-refractivity contribution in [2.75, 3.05) is 4.90 Å². The third kappa shape index (κ3) is 4.70. The number of hydrogen-bond donors (Lipinski definition) is 0. The number of nitrogens with zero attached hydrogens (tertiary/aromatic N) is 2. The minimum Gasteiger partial charge on any atom is -0.308 e. The summed E-state index contributed by atoms with van der Waals surface area (Å²) in [4.78, 5) is 7.01. The Kier molecular flexibility index (Phi) is 6.59. The van der Waals surface area contributed by atoms with Gasteiger partial charge >= 0.3 is 0 Å². The summed E-state index contributed by atoms with van der Waals surface area (Å²) < 4.78 is 0. The van der Waals surface area contributed by atoms with Crippen LogP contribution < -0.4 is 4.90 Å². The molecule has 53 heavy (non-hydrogen) atoms. The Hall–Kier alpha value is -7.03. The molecule has 1 aromatic heterocycles. The van der Waals surface area contributed by atoms with E-state index >= 15 is 0 Å². The smallest absolute Gasteiger partial charge is 0.0723 e. The van der Waals surface area contributed by atoms with Crippen molar-refractivity contribution in [2.45, 2.75) is 0 Å². The van der Waals surface area contributed by atoms with Gasteiger partial charge < -0.3 is 4.90 Å². The Morgan fingerprint density at radius 1 is 0.340 bits per heavy atom. The highest BCUT2D eigenvalue weighted by Gasteiger charge is 2.27. The maximum Gasteiger partial charge on any atom is 0.0723 e. The maximum absolute atomic E-state index is 4.63. The number of pyridine rings is 1. The second-order valence-electron chi connectivity index (χ2n) is 14.0. The van der Waals surface area contributed by atoms with E-state index in [1.807, 2.05) is 12.4 Å². The quantitative estimate of drug-likeness (QED) is 0.173. The van der Waals surface area contributed by atoms with E-state index in [2.05, 4.69) is 192 Å². The Balaban J connectivity index is 1.03. The molecule has 0 amide bonds. The molecule has 2 nitrogen and oxygen atoms in total. The molecule has 10 aromatic rings. The van der Waals surface area contributed by atoms with Crippen LogP contribution in [0, 0.1) is 0 Å². The minimum atomic E-state index is 1.08. The van der Waals surface area contributed by atoms with Crippen LogP contribution in [-0.4, -0.2) is 4.98 Å². The highest BCUT2D eigenvalue weighted by molar-refractivity contribution is 6.25. The number of fused-ring (bicyclic) bond motifs is 8. The summed E-state index contributed by atoms with van der Waals surface area (Å²) in [5.74, 6) is 0. The first-order chi connectivity index (χ1) is 26.3. The van der Waals surface area contributed by atoms with Gasteiger partial charge in [-0.15, -0.1) is 0 Å². The lowest BCUT2D eigenvalue weighted by molar-refractivity contribution is 1.23. The predicted molar refractivity (Wildman–Crippen MR) is 224 cm³/mol. The molecule has 1 aliphatic heterocycles. The number of benzene rings is 9. The van der Waals surface area contributed by atoms with Crippen molar-refractivity contribution in [1.82, 2.24) is 4.98 Å². The molecule has 0 N–H and O–H groups in total. The van der Waals surface area contributed by atoms with Crippen molar-refractivity contribution in [3.05, 3.63) is 194 Å². The third-order valence-electron chi connectivity index (χ3n) is 11.0. The number of rotatable bonds is 4. The fraction of sp³-hybridized carbons (Fsp3) is 0. The van der Waals surface area contributed by atoms with Crippen LogP contribution in [0.5, 0.6) is 0 Å². The summed E-state index contributed by atoms with van der Waals surface area (Å²) in [7, 11) is 0. The third-order valence-corrected chi connectivity index (χ3v) is 11.0. The van der Waals surface area contributed by atoms with E-state index in [4.69, 9.17) is 0 Å². The summed E-state index contributed by atoms with van der Waals surface area (Å²) in [5, 5.41) is 10.2. The van der Waals surface area contributed by atoms with Crippen molar-refractivity contribution < 1.29 is 0 Å². The van der Waals surface area contributed by atoms with E-state index in [0.717, 1.165) is 11.4 Å². The van der Waals surface area contributed by atoms with E-state index in [0.29, 0.717) is 0 Å². The normalized spacial score (nSPS) is 12.1. The van der Waals surface area contributed by atoms with Crippen LogP contribution in [0.1, 0.15) is 0 Å². The average molecular weight is 673 g/mol. The standard InChI is InChI=1S/C51H32N2/c1-2-11-33(12-3-1)39-28-38-16-10-22-49-51(38)48(31-39)46-25-26-52-32-50(46)53(49)40-17-9-15-36(29-40)34-13-8-14-35(27-34)37-23-24-45-43-20-5-4-18-41(43)42-19-6-7-21-44(42)47(45)30-37/h1-32H. The van der Waals surface area contributed by atoms with Gasteiger partial charge in [-0.1, -0.05) is 133 Å². The molecule has 2 heterocycles. The molecule has 0 bridgehead atoms. The lowest BCUT2D eigenvalue weighted by Gasteiger charge is -2.33. The van der Waals surface area contributed by atoms with Crippen molar-refractivity contribution in [1.29, 1.82) is 0 Å². The predicted octanol–water partition coefficient (Wildman–Crippen LogP) is 14.1. The molecular formula is C51H32N2. The van der Waals surface area contributed by atoms with Crippen molar-refractivity contribution in [2.24, 2.45) is 0 Å². The Morgan fingerprint density at radius 3 is 1.70 bits per heavy atom. The molecule has 0 spiro atoms. The van der Waals surface area contributed by atoms with E-state index in [1.165, 1.54) is 93.3 Å². The van der Waals surface area contributed by atoms with Crippen LogP contribution in [-0.2, 0) is 0 Å². The zero-order valence-corrected chi connectivity index (χ0v) is 28.9. The highest BCUT2D eigenvalue weighted by atomic mass is 15.2. The van der Waals surface area contributed by atoms with Crippen LogP contribution >= 0.6 is 0 Å². The highest BCUT2D eigenvalue weighted by Crippen LogP contribution is 2.52. The van der Waals surface area contributed by atoms with Gasteiger partial charge in [0.1, 0.15) is 0 Å². The maximum atomic E-state index is 4.63. The zero-order valence-electron chi connectivity index (χ0n) is 28.9. The number of hydrogen-bond acceptors (Lipinski definition) is 2. The zero-order chi connectivity index (χ0) is 34.9. The summed E-state index contributed by atoms with van der Waals surface area (Å²) in [5.41, 5.74) is 13.0. The van der Waals surface area contributed by atoms with Gasteiger partial charge in [-0.25, -0.2) is 0 Å². The molecule has 0 saturated heterocycles. The molecule has 0 fully saturated rings. The summed E-state index contributed by atoms with van der Waals surface area (Å²) in [6.45, 7) is 0. The summed E-state index contributed by atoms with van der Waals surface area (Å²) in [6.07, 6.45) is 3.91. The second-order valence-corrected chi connectivity index (χ2v) is 14.0. The van der Waals surface area contributed by atoms with Crippen LogP contribution in [0.2, 0.25) is 0 Å². The van der Waals surface area contributed by atoms with E-state index in [9.17, 15) is 0 Å². The van der Waals surface area contributed by atoms with Gasteiger partial charge in [0.15, 0.2) is 0 Å². The van der Waals surface area contributed by atoms with Crippen LogP contribution in [0.4, 0.5) is 17.1 Å². The monoisotopic (exact) mass is 672 g/mol. The number of anilines is 3. The molecular weight excluding hydrogens is 641 g/mol. The molecule has 246 valence electrons. The first-order valence-electron chi connectivity index (χ1n) is 18.2. The molecule has 11 rings (SSSR count). The topological polar surface area (TPSA) is 16.1 Å². The lowest BCUT2D eigenvalue weighted by Crippen LogP contribution is -2.15. The molecule has 2 heteroatoms. The minimum absolute atomic E-state index is 1.08. The molecule has 0 radical (unpaired) electrons. The SMILES string of the molecule is c1ccc(-c2cc3c4c(cccc4c2)N(c2cccc(-c4cccc(-c5ccc6c7ccccc7c7ccccc7c6c5)c4)c2)c2cnccc2-3)cc1. The van der Waals surface area contributed by atoms with Gasteiger partial charge in [-0.2, -0.15) is 0 Å². The van der Waals surface area contributed by atoms with Gasteiger partial charge in [0.25, 0.3) is 0 Å². The molecule has 0 aliphatic carbocycles. The van der Waals surface area contributed by atoms with Gasteiger partial charge in [0, 0.05) is 22.8 Å². The van der Waals surface area contributed by atoms with Crippen molar-refractivity contribution in [3.8, 4) is 44.5 Å². The van der Waals surface area contributed by atoms with Gasteiger partial charge in [-0.3, -0.25) is 4.98 Å². The summed E-state index contributed by atoms with van der Waals surface area (Å²) >= 11 is 0. The first kappa shape index (κ1) is 29.7.